The Hall–Kier alpha value is -6.39. The monoisotopic (exact) mass is 649 g/mol. The van der Waals surface area contributed by atoms with Crippen molar-refractivity contribution in [1.29, 1.82) is 0 Å². The highest BCUT2D eigenvalue weighted by atomic mass is 16.5. The van der Waals surface area contributed by atoms with Crippen LogP contribution in [0.5, 0.6) is 11.5 Å². The standard InChI is InChI=1S/C46H35NO3/c1-30-6-4-9-39(28-30)47(44-27-19-37-13-12-35-7-5-8-36-18-26-42(44)46(37)45(35)36)38-20-10-32(11-21-38)29-43(33-14-22-40(49-3)23-15-33)34-16-24-41(25-17-34)50-31(2)48/h4-29H,1-3H3. The van der Waals surface area contributed by atoms with E-state index in [0.717, 1.165) is 45.1 Å². The molecule has 0 amide bonds. The average Bonchev–Trinajstić information content (AvgIpc) is 3.14. The molecule has 0 aliphatic carbocycles. The predicted molar refractivity (Wildman–Crippen MR) is 207 cm³/mol. The molecule has 4 nitrogen and oxygen atoms in total. The van der Waals surface area contributed by atoms with Crippen molar-refractivity contribution in [3.63, 3.8) is 0 Å². The Balaban J connectivity index is 1.25. The van der Waals surface area contributed by atoms with Crippen LogP contribution in [-0.2, 0) is 4.79 Å². The number of hydrogen-bond donors (Lipinski definition) is 0. The normalized spacial score (nSPS) is 11.7. The Morgan fingerprint density at radius 1 is 0.600 bits per heavy atom. The molecule has 0 aromatic heterocycles. The van der Waals surface area contributed by atoms with Gasteiger partial charge in [-0.15, -0.1) is 0 Å². The molecule has 0 saturated heterocycles. The van der Waals surface area contributed by atoms with Gasteiger partial charge in [0.15, 0.2) is 0 Å². The molecule has 0 fully saturated rings. The van der Waals surface area contributed by atoms with E-state index in [1.807, 2.05) is 36.4 Å². The Morgan fingerprint density at radius 3 is 1.84 bits per heavy atom. The number of hydrogen-bond acceptors (Lipinski definition) is 4. The van der Waals surface area contributed by atoms with Gasteiger partial charge in [0.1, 0.15) is 11.5 Å². The van der Waals surface area contributed by atoms with E-state index in [1.165, 1.54) is 44.8 Å². The van der Waals surface area contributed by atoms with Gasteiger partial charge in [-0.2, -0.15) is 0 Å². The first kappa shape index (κ1) is 30.9. The van der Waals surface area contributed by atoms with Gasteiger partial charge in [-0.3, -0.25) is 4.79 Å². The second-order valence-electron chi connectivity index (χ2n) is 12.6. The van der Waals surface area contributed by atoms with Gasteiger partial charge in [0.2, 0.25) is 0 Å². The smallest absolute Gasteiger partial charge is 0.308 e. The van der Waals surface area contributed by atoms with Crippen LogP contribution in [0.1, 0.15) is 29.2 Å². The Bertz CT molecular complexity index is 2500. The molecule has 0 spiro atoms. The molecule has 8 aromatic carbocycles. The molecule has 0 unspecified atom stereocenters. The summed E-state index contributed by atoms with van der Waals surface area (Å²) in [6.45, 7) is 3.55. The van der Waals surface area contributed by atoms with Crippen molar-refractivity contribution in [2.75, 3.05) is 12.0 Å². The third-order valence-electron chi connectivity index (χ3n) is 9.30. The number of anilines is 3. The van der Waals surface area contributed by atoms with E-state index in [4.69, 9.17) is 9.47 Å². The van der Waals surface area contributed by atoms with E-state index in [-0.39, 0.29) is 5.97 Å². The average molecular weight is 650 g/mol. The summed E-state index contributed by atoms with van der Waals surface area (Å²) in [4.78, 5) is 13.9. The number of ether oxygens (including phenoxy) is 2. The summed E-state index contributed by atoms with van der Waals surface area (Å²) in [5, 5.41) is 7.57. The van der Waals surface area contributed by atoms with E-state index in [0.29, 0.717) is 5.75 Å². The molecular formula is C46H35NO3. The number of nitrogens with zero attached hydrogens (tertiary/aromatic N) is 1. The summed E-state index contributed by atoms with van der Waals surface area (Å²) in [5.74, 6) is 0.971. The molecular weight excluding hydrogens is 615 g/mol. The summed E-state index contributed by atoms with van der Waals surface area (Å²) in [6.07, 6.45) is 2.19. The lowest BCUT2D eigenvalue weighted by Crippen LogP contribution is -2.10. The zero-order valence-electron chi connectivity index (χ0n) is 28.2. The van der Waals surface area contributed by atoms with E-state index < -0.39 is 0 Å². The van der Waals surface area contributed by atoms with E-state index >= 15 is 0 Å². The molecule has 0 aliphatic rings. The van der Waals surface area contributed by atoms with Crippen molar-refractivity contribution in [3.05, 3.63) is 174 Å². The van der Waals surface area contributed by atoms with E-state index in [1.54, 1.807) is 7.11 Å². The van der Waals surface area contributed by atoms with Crippen LogP contribution in [0.2, 0.25) is 0 Å². The first-order valence-electron chi connectivity index (χ1n) is 16.7. The summed E-state index contributed by atoms with van der Waals surface area (Å²) in [5.41, 5.74) is 8.66. The van der Waals surface area contributed by atoms with Gasteiger partial charge in [0.25, 0.3) is 0 Å². The van der Waals surface area contributed by atoms with Gasteiger partial charge in [0.05, 0.1) is 12.8 Å². The van der Waals surface area contributed by atoms with Crippen LogP contribution in [0.15, 0.2) is 152 Å². The number of benzene rings is 8. The number of carbonyl (C=O) groups excluding carboxylic acids is 1. The maximum atomic E-state index is 11.5. The Kier molecular flexibility index (Phi) is 7.98. The quantitative estimate of drug-likeness (QED) is 0.0711. The minimum atomic E-state index is -0.342. The zero-order valence-corrected chi connectivity index (χ0v) is 28.2. The fraction of sp³-hybridized carbons (Fsp3) is 0.0652. The van der Waals surface area contributed by atoms with Crippen molar-refractivity contribution in [3.8, 4) is 11.5 Å². The third kappa shape index (κ3) is 5.82. The van der Waals surface area contributed by atoms with Crippen LogP contribution in [0, 0.1) is 6.92 Å². The maximum absolute atomic E-state index is 11.5. The van der Waals surface area contributed by atoms with E-state index in [9.17, 15) is 4.79 Å². The van der Waals surface area contributed by atoms with Crippen LogP contribution < -0.4 is 14.4 Å². The molecule has 4 heteroatoms. The molecule has 0 heterocycles. The third-order valence-corrected chi connectivity index (χ3v) is 9.30. The van der Waals surface area contributed by atoms with Crippen molar-refractivity contribution in [2.24, 2.45) is 0 Å². The van der Waals surface area contributed by atoms with Gasteiger partial charge >= 0.3 is 5.97 Å². The molecule has 0 saturated carbocycles. The number of esters is 1. The minimum absolute atomic E-state index is 0.342. The molecule has 8 aromatic rings. The number of carbonyl (C=O) groups is 1. The molecule has 8 rings (SSSR count). The van der Waals surface area contributed by atoms with Gasteiger partial charge in [-0.05, 0) is 122 Å². The maximum Gasteiger partial charge on any atom is 0.308 e. The van der Waals surface area contributed by atoms with Crippen LogP contribution in [0.4, 0.5) is 17.1 Å². The molecule has 50 heavy (non-hydrogen) atoms. The highest BCUT2D eigenvalue weighted by Gasteiger charge is 2.18. The van der Waals surface area contributed by atoms with E-state index in [2.05, 4.69) is 133 Å². The summed E-state index contributed by atoms with van der Waals surface area (Å²) >= 11 is 0. The fourth-order valence-electron chi connectivity index (χ4n) is 6.97. The molecule has 0 atom stereocenters. The van der Waals surface area contributed by atoms with Crippen LogP contribution in [0.25, 0.3) is 44.0 Å². The van der Waals surface area contributed by atoms with Crippen molar-refractivity contribution in [2.45, 2.75) is 13.8 Å². The second kappa shape index (κ2) is 12.9. The summed E-state index contributed by atoms with van der Waals surface area (Å²) < 4.78 is 10.7. The predicted octanol–water partition coefficient (Wildman–Crippen LogP) is 11.9. The van der Waals surface area contributed by atoms with Crippen molar-refractivity contribution < 1.29 is 14.3 Å². The van der Waals surface area contributed by atoms with Crippen LogP contribution in [-0.4, -0.2) is 13.1 Å². The number of methoxy groups -OCH3 is 1. The largest absolute Gasteiger partial charge is 0.497 e. The summed E-state index contributed by atoms with van der Waals surface area (Å²) in [6, 6.07) is 53.1. The zero-order chi connectivity index (χ0) is 34.2. The van der Waals surface area contributed by atoms with Crippen molar-refractivity contribution in [1.82, 2.24) is 0 Å². The highest BCUT2D eigenvalue weighted by Crippen LogP contribution is 2.44. The van der Waals surface area contributed by atoms with Gasteiger partial charge in [-0.1, -0.05) is 97.1 Å². The lowest BCUT2D eigenvalue weighted by atomic mass is 9.93. The van der Waals surface area contributed by atoms with Gasteiger partial charge < -0.3 is 14.4 Å². The fourth-order valence-corrected chi connectivity index (χ4v) is 6.97. The first-order chi connectivity index (χ1) is 24.4. The first-order valence-corrected chi connectivity index (χ1v) is 16.7. The Morgan fingerprint density at radius 2 is 1.20 bits per heavy atom. The SMILES string of the molecule is COc1ccc(C(=Cc2ccc(N(c3cccc(C)c3)c3ccc4ccc5cccc6ccc3c4c56)cc2)c2ccc(OC(C)=O)cc2)cc1. The number of aryl methyl sites for hydroxylation is 1. The van der Waals surface area contributed by atoms with Gasteiger partial charge in [-0.25, -0.2) is 0 Å². The molecule has 0 radical (unpaired) electrons. The topological polar surface area (TPSA) is 38.8 Å². The molecule has 242 valence electrons. The van der Waals surface area contributed by atoms with Crippen molar-refractivity contribution >= 4 is 67.0 Å². The highest BCUT2D eigenvalue weighted by molar-refractivity contribution is 6.25. The second-order valence-corrected chi connectivity index (χ2v) is 12.6. The lowest BCUT2D eigenvalue weighted by molar-refractivity contribution is -0.131. The molecule has 0 N–H and O–H groups in total. The summed E-state index contributed by atoms with van der Waals surface area (Å²) in [7, 11) is 1.67. The number of rotatable bonds is 8. The van der Waals surface area contributed by atoms with Crippen LogP contribution in [0.3, 0.4) is 0 Å². The molecule has 0 aliphatic heterocycles. The lowest BCUT2D eigenvalue weighted by Gasteiger charge is -2.28. The Labute approximate surface area is 291 Å². The van der Waals surface area contributed by atoms with Crippen LogP contribution >= 0.6 is 0 Å². The van der Waals surface area contributed by atoms with Gasteiger partial charge in [0, 0.05) is 23.7 Å². The minimum Gasteiger partial charge on any atom is -0.497 e. The molecule has 0 bridgehead atoms.